The Hall–Kier alpha value is -2.30. The molecule has 0 bridgehead atoms. The van der Waals surface area contributed by atoms with Crippen LogP contribution in [-0.4, -0.2) is 38.3 Å². The third-order valence-corrected chi connectivity index (χ3v) is 7.67. The van der Waals surface area contributed by atoms with Crippen LogP contribution in [0.3, 0.4) is 0 Å². The van der Waals surface area contributed by atoms with Gasteiger partial charge in [0.1, 0.15) is 5.75 Å². The molecule has 1 fully saturated rings. The Morgan fingerprint density at radius 2 is 1.85 bits per heavy atom. The van der Waals surface area contributed by atoms with Crippen LogP contribution in [0.1, 0.15) is 37.7 Å². The number of hydrogen-bond donors (Lipinski definition) is 1. The molecule has 33 heavy (non-hydrogen) atoms. The molecule has 0 heterocycles. The van der Waals surface area contributed by atoms with Gasteiger partial charge in [-0.3, -0.25) is 4.79 Å². The topological polar surface area (TPSA) is 75.7 Å². The number of nitrogens with zero attached hydrogens (tertiary/aromatic N) is 1. The average molecular weight is 505 g/mol. The van der Waals surface area contributed by atoms with Crippen LogP contribution in [0.5, 0.6) is 5.75 Å². The molecule has 0 saturated heterocycles. The van der Waals surface area contributed by atoms with Crippen LogP contribution < -0.4 is 10.1 Å². The van der Waals surface area contributed by atoms with Gasteiger partial charge in [-0.05, 0) is 49.2 Å². The molecule has 1 amide bonds. The van der Waals surface area contributed by atoms with Crippen LogP contribution >= 0.6 is 11.6 Å². The summed E-state index contributed by atoms with van der Waals surface area (Å²) in [5.41, 5.74) is -0.978. The first kappa shape index (κ1) is 25.3. The highest BCUT2D eigenvalue weighted by molar-refractivity contribution is 7.89. The van der Waals surface area contributed by atoms with E-state index in [1.165, 1.54) is 37.4 Å². The molecule has 6 nitrogen and oxygen atoms in total. The van der Waals surface area contributed by atoms with Gasteiger partial charge in [0.05, 0.1) is 29.1 Å². The van der Waals surface area contributed by atoms with Gasteiger partial charge in [-0.2, -0.15) is 17.5 Å². The first-order valence-corrected chi connectivity index (χ1v) is 12.2. The van der Waals surface area contributed by atoms with E-state index in [1.807, 2.05) is 0 Å². The van der Waals surface area contributed by atoms with E-state index in [-0.39, 0.29) is 15.6 Å². The van der Waals surface area contributed by atoms with Crippen molar-refractivity contribution in [1.29, 1.82) is 0 Å². The lowest BCUT2D eigenvalue weighted by atomic mass is 9.95. The molecule has 1 aliphatic carbocycles. The van der Waals surface area contributed by atoms with Crippen molar-refractivity contribution in [2.75, 3.05) is 19.0 Å². The zero-order valence-electron chi connectivity index (χ0n) is 17.9. The highest BCUT2D eigenvalue weighted by Gasteiger charge is 2.35. The third kappa shape index (κ3) is 6.18. The molecule has 2 aromatic rings. The maximum absolute atomic E-state index is 13.5. The van der Waals surface area contributed by atoms with Crippen molar-refractivity contribution >= 4 is 33.2 Å². The first-order chi connectivity index (χ1) is 15.5. The van der Waals surface area contributed by atoms with Gasteiger partial charge in [0.2, 0.25) is 15.9 Å². The fraction of sp³-hybridized carbons (Fsp3) is 0.409. The number of anilines is 1. The molecular formula is C22H24ClF3N2O4S. The number of sulfonamides is 1. The summed E-state index contributed by atoms with van der Waals surface area (Å²) in [6.45, 7) is -0.535. The van der Waals surface area contributed by atoms with Crippen LogP contribution in [0.25, 0.3) is 0 Å². The number of hydrogen-bond acceptors (Lipinski definition) is 4. The minimum Gasteiger partial charge on any atom is -0.495 e. The molecule has 0 radical (unpaired) electrons. The largest absolute Gasteiger partial charge is 0.495 e. The SMILES string of the molecule is COc1ccc(S(=O)(=O)N(CC(=O)Nc2cccc(C(F)(F)F)c2)C2CCCCC2)cc1Cl. The molecule has 180 valence electrons. The second kappa shape index (κ2) is 10.3. The number of rotatable bonds is 7. The van der Waals surface area contributed by atoms with Crippen molar-refractivity contribution in [3.8, 4) is 5.75 Å². The number of halogens is 4. The van der Waals surface area contributed by atoms with Gasteiger partial charge in [0.15, 0.2) is 0 Å². The maximum atomic E-state index is 13.5. The fourth-order valence-corrected chi connectivity index (χ4v) is 5.83. The summed E-state index contributed by atoms with van der Waals surface area (Å²) in [5.74, 6) is -0.426. The van der Waals surface area contributed by atoms with E-state index >= 15 is 0 Å². The van der Waals surface area contributed by atoms with Crippen LogP contribution in [0.15, 0.2) is 47.4 Å². The molecule has 1 N–H and O–H groups in total. The normalized spacial score (nSPS) is 15.5. The lowest BCUT2D eigenvalue weighted by Crippen LogP contribution is -2.45. The smallest absolute Gasteiger partial charge is 0.416 e. The summed E-state index contributed by atoms with van der Waals surface area (Å²) in [7, 11) is -2.71. The predicted octanol–water partition coefficient (Wildman–Crippen LogP) is 5.33. The van der Waals surface area contributed by atoms with E-state index in [9.17, 15) is 26.4 Å². The van der Waals surface area contributed by atoms with E-state index in [1.54, 1.807) is 0 Å². The van der Waals surface area contributed by atoms with Gasteiger partial charge in [-0.1, -0.05) is 36.9 Å². The van der Waals surface area contributed by atoms with Gasteiger partial charge in [0.25, 0.3) is 0 Å². The number of nitrogens with one attached hydrogen (secondary N) is 1. The van der Waals surface area contributed by atoms with Crippen LogP contribution in [0.2, 0.25) is 5.02 Å². The minimum absolute atomic E-state index is 0.0664. The molecule has 1 saturated carbocycles. The zero-order chi connectivity index (χ0) is 24.2. The summed E-state index contributed by atoms with van der Waals surface area (Å²) in [4.78, 5) is 12.6. The van der Waals surface area contributed by atoms with E-state index in [0.29, 0.717) is 18.6 Å². The Balaban J connectivity index is 1.87. The van der Waals surface area contributed by atoms with E-state index in [2.05, 4.69) is 5.32 Å². The molecular weight excluding hydrogens is 481 g/mol. The highest BCUT2D eigenvalue weighted by atomic mass is 35.5. The average Bonchev–Trinajstić information content (AvgIpc) is 2.77. The number of amides is 1. The molecule has 3 rings (SSSR count). The number of ether oxygens (including phenoxy) is 1. The quantitative estimate of drug-likeness (QED) is 0.553. The van der Waals surface area contributed by atoms with Gasteiger partial charge >= 0.3 is 6.18 Å². The van der Waals surface area contributed by atoms with Crippen molar-refractivity contribution in [3.05, 3.63) is 53.1 Å². The summed E-state index contributed by atoms with van der Waals surface area (Å²) < 4.78 is 72.0. The maximum Gasteiger partial charge on any atom is 0.416 e. The lowest BCUT2D eigenvalue weighted by molar-refractivity contribution is -0.137. The van der Waals surface area contributed by atoms with Crippen molar-refractivity contribution in [3.63, 3.8) is 0 Å². The number of carbonyl (C=O) groups excluding carboxylic acids is 1. The fourth-order valence-electron chi connectivity index (χ4n) is 3.84. The summed E-state index contributed by atoms with van der Waals surface area (Å²) in [5, 5.41) is 2.49. The van der Waals surface area contributed by atoms with Gasteiger partial charge < -0.3 is 10.1 Å². The van der Waals surface area contributed by atoms with E-state index in [0.717, 1.165) is 35.7 Å². The van der Waals surface area contributed by atoms with E-state index in [4.69, 9.17) is 16.3 Å². The van der Waals surface area contributed by atoms with Crippen molar-refractivity contribution in [2.24, 2.45) is 0 Å². The molecule has 0 spiro atoms. The number of benzene rings is 2. The minimum atomic E-state index is -4.56. The molecule has 1 aliphatic rings. The monoisotopic (exact) mass is 504 g/mol. The van der Waals surface area contributed by atoms with Crippen LogP contribution in [-0.2, 0) is 21.0 Å². The number of methoxy groups -OCH3 is 1. The van der Waals surface area contributed by atoms with Gasteiger partial charge in [0, 0.05) is 11.7 Å². The second-order valence-corrected chi connectivity index (χ2v) is 10.1. The summed E-state index contributed by atoms with van der Waals surface area (Å²) in [6, 6.07) is 7.82. The first-order valence-electron chi connectivity index (χ1n) is 10.3. The summed E-state index contributed by atoms with van der Waals surface area (Å²) in [6.07, 6.45) is -0.800. The Morgan fingerprint density at radius 1 is 1.15 bits per heavy atom. The molecule has 11 heteroatoms. The second-order valence-electron chi connectivity index (χ2n) is 7.77. The predicted molar refractivity (Wildman–Crippen MR) is 119 cm³/mol. The van der Waals surface area contributed by atoms with Crippen molar-refractivity contribution < 1.29 is 31.1 Å². The van der Waals surface area contributed by atoms with Crippen molar-refractivity contribution in [1.82, 2.24) is 4.31 Å². The van der Waals surface area contributed by atoms with E-state index < -0.39 is 40.3 Å². The lowest BCUT2D eigenvalue weighted by Gasteiger charge is -2.33. The molecule has 0 aliphatic heterocycles. The standard InChI is InChI=1S/C22H24ClF3N2O4S/c1-32-20-11-10-18(13-19(20)23)33(30,31)28(17-8-3-2-4-9-17)14-21(29)27-16-7-5-6-15(12-16)22(24,25)26/h5-7,10-13,17H,2-4,8-9,14H2,1H3,(H,27,29). The van der Waals surface area contributed by atoms with Gasteiger partial charge in [-0.25, -0.2) is 8.42 Å². The van der Waals surface area contributed by atoms with Crippen LogP contribution in [0, 0.1) is 0 Å². The van der Waals surface area contributed by atoms with Gasteiger partial charge in [-0.15, -0.1) is 0 Å². The Morgan fingerprint density at radius 3 is 2.45 bits per heavy atom. The molecule has 0 unspecified atom stereocenters. The Kier molecular flexibility index (Phi) is 7.92. The molecule has 0 aromatic heterocycles. The Labute approximate surface area is 195 Å². The third-order valence-electron chi connectivity index (χ3n) is 5.48. The number of alkyl halides is 3. The zero-order valence-corrected chi connectivity index (χ0v) is 19.4. The number of carbonyl (C=O) groups is 1. The Bertz CT molecular complexity index is 1100. The highest BCUT2D eigenvalue weighted by Crippen LogP contribution is 2.33. The summed E-state index contributed by atoms with van der Waals surface area (Å²) >= 11 is 6.11. The van der Waals surface area contributed by atoms with Crippen LogP contribution in [0.4, 0.5) is 18.9 Å². The molecule has 2 aromatic carbocycles. The molecule has 0 atom stereocenters. The van der Waals surface area contributed by atoms with Crippen molar-refractivity contribution in [2.45, 2.75) is 49.2 Å².